The van der Waals surface area contributed by atoms with E-state index in [4.69, 9.17) is 5.73 Å². The van der Waals surface area contributed by atoms with Crippen LogP contribution >= 0.6 is 11.8 Å². The lowest BCUT2D eigenvalue weighted by atomic mass is 10.2. The average Bonchev–Trinajstić information content (AvgIpc) is 2.77. The van der Waals surface area contributed by atoms with Crippen molar-refractivity contribution in [3.05, 3.63) is 23.9 Å². The molecule has 0 aliphatic heterocycles. The van der Waals surface area contributed by atoms with Crippen LogP contribution in [0.4, 0.5) is 5.82 Å². The molecule has 4 nitrogen and oxygen atoms in total. The van der Waals surface area contributed by atoms with Crippen LogP contribution in [0.3, 0.4) is 0 Å². The van der Waals surface area contributed by atoms with Gasteiger partial charge in [0.15, 0.2) is 0 Å². The number of nitrogens with zero attached hydrogens (tertiary/aromatic N) is 1. The topological polar surface area (TPSA) is 68.0 Å². The van der Waals surface area contributed by atoms with E-state index in [1.165, 1.54) is 25.5 Å². The fraction of sp³-hybridized carbons (Fsp3) is 0.500. The third kappa shape index (κ3) is 3.12. The van der Waals surface area contributed by atoms with Crippen molar-refractivity contribution in [1.29, 1.82) is 0 Å². The van der Waals surface area contributed by atoms with Gasteiger partial charge < -0.3 is 11.1 Å². The molecule has 5 heteroatoms. The Bertz CT molecular complexity index is 393. The fourth-order valence-corrected chi connectivity index (χ4v) is 2.92. The van der Waals surface area contributed by atoms with Gasteiger partial charge in [0.05, 0.1) is 5.56 Å². The van der Waals surface area contributed by atoms with Crippen LogP contribution in [0.25, 0.3) is 0 Å². The molecule has 2 atom stereocenters. The third-order valence-corrected chi connectivity index (χ3v) is 4.21. The third-order valence-electron chi connectivity index (χ3n) is 3.12. The van der Waals surface area contributed by atoms with Gasteiger partial charge in [0.25, 0.3) is 0 Å². The molecule has 0 bridgehead atoms. The average molecular weight is 251 g/mol. The fourth-order valence-electron chi connectivity index (χ4n) is 2.12. The van der Waals surface area contributed by atoms with Crippen LogP contribution in [0.5, 0.6) is 0 Å². The largest absolute Gasteiger partial charge is 0.367 e. The van der Waals surface area contributed by atoms with Crippen LogP contribution in [0.2, 0.25) is 0 Å². The molecule has 17 heavy (non-hydrogen) atoms. The Morgan fingerprint density at radius 1 is 1.53 bits per heavy atom. The summed E-state index contributed by atoms with van der Waals surface area (Å²) in [5.74, 6) is 0.383. The number of nitrogens with one attached hydrogen (secondary N) is 1. The summed E-state index contributed by atoms with van der Waals surface area (Å²) >= 11 is 1.93. The number of carbonyl (C=O) groups excluding carboxylic acids is 1. The normalized spacial score (nSPS) is 23.6. The van der Waals surface area contributed by atoms with Gasteiger partial charge in [-0.05, 0) is 37.7 Å². The van der Waals surface area contributed by atoms with E-state index in [0.717, 1.165) is 11.1 Å². The van der Waals surface area contributed by atoms with E-state index in [1.54, 1.807) is 6.07 Å². The monoisotopic (exact) mass is 251 g/mol. The van der Waals surface area contributed by atoms with Crippen LogP contribution in [0, 0.1) is 0 Å². The molecule has 0 radical (unpaired) electrons. The van der Waals surface area contributed by atoms with Gasteiger partial charge in [-0.3, -0.25) is 4.79 Å². The quantitative estimate of drug-likeness (QED) is 0.857. The van der Waals surface area contributed by atoms with Crippen molar-refractivity contribution >= 4 is 23.5 Å². The Kier molecular flexibility index (Phi) is 3.89. The van der Waals surface area contributed by atoms with E-state index >= 15 is 0 Å². The molecule has 3 N–H and O–H groups in total. The molecule has 0 spiro atoms. The zero-order chi connectivity index (χ0) is 12.3. The molecular weight excluding hydrogens is 234 g/mol. The molecule has 2 rings (SSSR count). The van der Waals surface area contributed by atoms with Gasteiger partial charge in [0.1, 0.15) is 5.82 Å². The second-order valence-electron chi connectivity index (χ2n) is 4.31. The maximum atomic E-state index is 10.9. The predicted molar refractivity (Wildman–Crippen MR) is 71.3 cm³/mol. The first kappa shape index (κ1) is 12.2. The molecule has 0 saturated heterocycles. The molecular formula is C12H17N3OS. The molecule has 1 amide bonds. The lowest BCUT2D eigenvalue weighted by molar-refractivity contribution is 0.1000. The summed E-state index contributed by atoms with van der Waals surface area (Å²) in [6.07, 6.45) is 7.31. The maximum absolute atomic E-state index is 10.9. The van der Waals surface area contributed by atoms with Crippen molar-refractivity contribution in [2.75, 3.05) is 11.6 Å². The van der Waals surface area contributed by atoms with E-state index in [-0.39, 0.29) is 0 Å². The van der Waals surface area contributed by atoms with Crippen molar-refractivity contribution in [3.63, 3.8) is 0 Å². The van der Waals surface area contributed by atoms with E-state index in [2.05, 4.69) is 16.6 Å². The minimum atomic E-state index is -0.438. The highest BCUT2D eigenvalue weighted by Crippen LogP contribution is 2.29. The van der Waals surface area contributed by atoms with Gasteiger partial charge in [-0.25, -0.2) is 4.98 Å². The molecule has 1 saturated carbocycles. The smallest absolute Gasteiger partial charge is 0.250 e. The van der Waals surface area contributed by atoms with Crippen LogP contribution < -0.4 is 11.1 Å². The number of pyridine rings is 1. The number of thioether (sulfide) groups is 1. The number of hydrogen-bond acceptors (Lipinski definition) is 4. The second-order valence-corrected chi connectivity index (χ2v) is 5.45. The minimum absolute atomic E-state index is 0.438. The SMILES string of the molecule is CSC1CCC(Nc2ccc(C(N)=O)cn2)C1. The summed E-state index contributed by atoms with van der Waals surface area (Å²) < 4.78 is 0. The van der Waals surface area contributed by atoms with Crippen molar-refractivity contribution in [2.45, 2.75) is 30.6 Å². The molecule has 1 aliphatic carbocycles. The molecule has 0 aromatic carbocycles. The number of hydrogen-bond donors (Lipinski definition) is 2. The number of amides is 1. The molecule has 1 aliphatic rings. The van der Waals surface area contributed by atoms with Crippen molar-refractivity contribution in [3.8, 4) is 0 Å². The van der Waals surface area contributed by atoms with Gasteiger partial charge in [0, 0.05) is 17.5 Å². The van der Waals surface area contributed by atoms with E-state index in [0.29, 0.717) is 11.6 Å². The van der Waals surface area contributed by atoms with Crippen LogP contribution in [-0.4, -0.2) is 28.4 Å². The molecule has 1 fully saturated rings. The predicted octanol–water partition coefficient (Wildman–Crippen LogP) is 1.88. The Morgan fingerprint density at radius 3 is 2.88 bits per heavy atom. The summed E-state index contributed by atoms with van der Waals surface area (Å²) in [7, 11) is 0. The summed E-state index contributed by atoms with van der Waals surface area (Å²) in [6.45, 7) is 0. The molecule has 2 unspecified atom stereocenters. The zero-order valence-electron chi connectivity index (χ0n) is 9.85. The number of anilines is 1. The maximum Gasteiger partial charge on any atom is 0.250 e. The van der Waals surface area contributed by atoms with Crippen LogP contribution in [0.15, 0.2) is 18.3 Å². The van der Waals surface area contributed by atoms with Crippen LogP contribution in [-0.2, 0) is 0 Å². The minimum Gasteiger partial charge on any atom is -0.367 e. The van der Waals surface area contributed by atoms with Gasteiger partial charge in [-0.15, -0.1) is 0 Å². The highest BCUT2D eigenvalue weighted by atomic mass is 32.2. The summed E-state index contributed by atoms with van der Waals surface area (Å²) in [4.78, 5) is 15.1. The highest BCUT2D eigenvalue weighted by Gasteiger charge is 2.23. The molecule has 1 heterocycles. The lowest BCUT2D eigenvalue weighted by Crippen LogP contribution is -2.17. The number of rotatable bonds is 4. The van der Waals surface area contributed by atoms with E-state index in [9.17, 15) is 4.79 Å². The highest BCUT2D eigenvalue weighted by molar-refractivity contribution is 7.99. The number of nitrogens with two attached hydrogens (primary N) is 1. The van der Waals surface area contributed by atoms with E-state index in [1.807, 2.05) is 17.8 Å². The molecule has 92 valence electrons. The lowest BCUT2D eigenvalue weighted by Gasteiger charge is -2.13. The van der Waals surface area contributed by atoms with Crippen LogP contribution in [0.1, 0.15) is 29.6 Å². The van der Waals surface area contributed by atoms with Crippen molar-refractivity contribution in [2.24, 2.45) is 5.73 Å². The van der Waals surface area contributed by atoms with Gasteiger partial charge in [0.2, 0.25) is 5.91 Å². The molecule has 1 aromatic rings. The second kappa shape index (κ2) is 5.40. The van der Waals surface area contributed by atoms with Gasteiger partial charge >= 0.3 is 0 Å². The molecule has 1 aromatic heterocycles. The Balaban J connectivity index is 1.93. The Labute approximate surface area is 105 Å². The number of carbonyl (C=O) groups is 1. The zero-order valence-corrected chi connectivity index (χ0v) is 10.7. The summed E-state index contributed by atoms with van der Waals surface area (Å²) in [5, 5.41) is 4.16. The summed E-state index contributed by atoms with van der Waals surface area (Å²) in [5.41, 5.74) is 5.61. The van der Waals surface area contributed by atoms with Gasteiger partial charge in [-0.1, -0.05) is 0 Å². The number of aromatic nitrogens is 1. The van der Waals surface area contributed by atoms with E-state index < -0.39 is 5.91 Å². The number of primary amides is 1. The standard InChI is InChI=1S/C12H17N3OS/c1-17-10-4-3-9(6-10)15-11-5-2-8(7-14-11)12(13)16/h2,5,7,9-10H,3-4,6H2,1H3,(H2,13,16)(H,14,15). The van der Waals surface area contributed by atoms with Crippen molar-refractivity contribution < 1.29 is 4.79 Å². The summed E-state index contributed by atoms with van der Waals surface area (Å²) in [6, 6.07) is 4.02. The van der Waals surface area contributed by atoms with Crippen molar-refractivity contribution in [1.82, 2.24) is 4.98 Å². The Hall–Kier alpha value is -1.23. The Morgan fingerprint density at radius 2 is 2.35 bits per heavy atom. The first-order chi connectivity index (χ1) is 8.19. The van der Waals surface area contributed by atoms with Gasteiger partial charge in [-0.2, -0.15) is 11.8 Å². The first-order valence-electron chi connectivity index (χ1n) is 5.74. The first-order valence-corrected chi connectivity index (χ1v) is 7.03.